The number of hydrogen-bond acceptors (Lipinski definition) is 6. The van der Waals surface area contributed by atoms with Crippen LogP contribution >= 0.6 is 0 Å². The molecule has 1 rings (SSSR count). The molecule has 0 aromatic carbocycles. The first-order valence-corrected chi connectivity index (χ1v) is 3.56. The summed E-state index contributed by atoms with van der Waals surface area (Å²) in [5.74, 6) is 0. The Balaban J connectivity index is 2.63. The van der Waals surface area contributed by atoms with E-state index in [1.165, 1.54) is 0 Å². The minimum Gasteiger partial charge on any atom is -0.394 e. The van der Waals surface area contributed by atoms with Crippen LogP contribution in [-0.4, -0.2) is 62.8 Å². The fourth-order valence-electron chi connectivity index (χ4n) is 1.08. The van der Waals surface area contributed by atoms with Crippen molar-refractivity contribution in [3.05, 3.63) is 0 Å². The van der Waals surface area contributed by atoms with Crippen molar-refractivity contribution >= 4 is 0 Å². The Labute approximate surface area is 68.6 Å². The molecule has 1 fully saturated rings. The molecular formula is C6H12O6. The molecular weight excluding hydrogens is 168 g/mol. The molecule has 6 nitrogen and oxygen atoms in total. The zero-order valence-corrected chi connectivity index (χ0v) is 6.24. The highest BCUT2D eigenvalue weighted by Crippen LogP contribution is 2.18. The van der Waals surface area contributed by atoms with Crippen LogP contribution in [0.1, 0.15) is 0 Å². The number of hydrogen-bond donors (Lipinski definition) is 5. The molecule has 0 aromatic heterocycles. The molecule has 5 N–H and O–H groups in total. The van der Waals surface area contributed by atoms with Crippen molar-refractivity contribution in [2.45, 2.75) is 30.7 Å². The van der Waals surface area contributed by atoms with Gasteiger partial charge in [0, 0.05) is 0 Å². The van der Waals surface area contributed by atoms with E-state index in [1.54, 1.807) is 0 Å². The Kier molecular flexibility index (Phi) is 2.99. The molecule has 0 amide bonds. The second-order valence-corrected chi connectivity index (χ2v) is 2.72. The summed E-state index contributed by atoms with van der Waals surface area (Å²) in [4.78, 5) is 0. The molecule has 5 atom stereocenters. The molecule has 1 aliphatic rings. The molecule has 0 spiro atoms. The molecule has 2 unspecified atom stereocenters. The molecule has 1 heterocycles. The molecule has 1 aliphatic heterocycles. The van der Waals surface area contributed by atoms with E-state index >= 15 is 0 Å². The van der Waals surface area contributed by atoms with Gasteiger partial charge in [-0.3, -0.25) is 0 Å². The predicted octanol–water partition coefficient (Wildman–Crippen LogP) is -3.22. The highest BCUT2D eigenvalue weighted by atomic mass is 16.6. The second-order valence-electron chi connectivity index (χ2n) is 2.72. The summed E-state index contributed by atoms with van der Waals surface area (Å²) in [7, 11) is 0. The Morgan fingerprint density at radius 1 is 0.917 bits per heavy atom. The van der Waals surface area contributed by atoms with Gasteiger partial charge in [0.05, 0.1) is 6.61 Å². The first kappa shape index (κ1) is 9.85. The van der Waals surface area contributed by atoms with E-state index < -0.39 is 37.3 Å². The van der Waals surface area contributed by atoms with Crippen molar-refractivity contribution in [2.24, 2.45) is 0 Å². The number of rotatable bonds is 1. The summed E-state index contributed by atoms with van der Waals surface area (Å²) in [5.41, 5.74) is 0. The van der Waals surface area contributed by atoms with E-state index in [1.807, 2.05) is 0 Å². The van der Waals surface area contributed by atoms with Crippen molar-refractivity contribution in [1.29, 1.82) is 0 Å². The van der Waals surface area contributed by atoms with E-state index in [2.05, 4.69) is 4.74 Å². The average molecular weight is 180 g/mol. The third-order valence-electron chi connectivity index (χ3n) is 1.87. The summed E-state index contributed by atoms with van der Waals surface area (Å²) in [6.07, 6.45) is -7.04. The van der Waals surface area contributed by atoms with Crippen LogP contribution in [0.4, 0.5) is 0 Å². The Morgan fingerprint density at radius 3 is 2.00 bits per heavy atom. The van der Waals surface area contributed by atoms with Gasteiger partial charge in [-0.1, -0.05) is 0 Å². The maximum Gasteiger partial charge on any atom is 0.184 e. The minimum atomic E-state index is -1.57. The highest BCUT2D eigenvalue weighted by Gasteiger charge is 2.42. The van der Waals surface area contributed by atoms with E-state index in [0.29, 0.717) is 0 Å². The van der Waals surface area contributed by atoms with Gasteiger partial charge < -0.3 is 30.3 Å². The van der Waals surface area contributed by atoms with Crippen LogP contribution in [-0.2, 0) is 4.74 Å². The van der Waals surface area contributed by atoms with Gasteiger partial charge >= 0.3 is 0 Å². The quantitative estimate of drug-likeness (QED) is 0.290. The van der Waals surface area contributed by atoms with Crippen LogP contribution in [0.3, 0.4) is 0 Å². The van der Waals surface area contributed by atoms with Gasteiger partial charge in [-0.15, -0.1) is 0 Å². The number of ether oxygens (including phenoxy) is 1. The second kappa shape index (κ2) is 3.65. The summed E-state index contributed by atoms with van der Waals surface area (Å²) in [5, 5.41) is 44.7. The van der Waals surface area contributed by atoms with Gasteiger partial charge in [0.2, 0.25) is 0 Å². The van der Waals surface area contributed by atoms with Crippen LogP contribution in [0, 0.1) is 0 Å². The molecule has 12 heavy (non-hydrogen) atoms. The van der Waals surface area contributed by atoms with Gasteiger partial charge in [-0.25, -0.2) is 0 Å². The standard InChI is InChI=1S/C6H12O6/c7-1-2-3(8)4(9)5(10)6(11)12-2/h2-11H,1H2/t2?,3-,4+,5-,6?/m1/s1. The molecule has 1 saturated heterocycles. The lowest BCUT2D eigenvalue weighted by Crippen LogP contribution is -2.58. The largest absolute Gasteiger partial charge is 0.394 e. The Hall–Kier alpha value is -0.240. The first-order chi connectivity index (χ1) is 5.57. The first-order valence-electron chi connectivity index (χ1n) is 3.56. The Bertz CT molecular complexity index is 146. The molecule has 0 saturated carbocycles. The van der Waals surface area contributed by atoms with Crippen LogP contribution < -0.4 is 0 Å². The fraction of sp³-hybridized carbons (Fsp3) is 1.00. The lowest BCUT2D eigenvalue weighted by Gasteiger charge is -2.37. The SMILES string of the molecule is OCC1OC(O)[C@H](O)[C@@H](O)[C@@H]1O. The minimum absolute atomic E-state index is 0.526. The maximum atomic E-state index is 9.12. The van der Waals surface area contributed by atoms with Crippen LogP contribution in [0.15, 0.2) is 0 Å². The molecule has 72 valence electrons. The van der Waals surface area contributed by atoms with Crippen LogP contribution in [0.2, 0.25) is 0 Å². The third-order valence-corrected chi connectivity index (χ3v) is 1.87. The van der Waals surface area contributed by atoms with Crippen LogP contribution in [0.25, 0.3) is 0 Å². The summed E-state index contributed by atoms with van der Waals surface area (Å²) >= 11 is 0. The lowest BCUT2D eigenvalue weighted by molar-refractivity contribution is -0.286. The van der Waals surface area contributed by atoms with Crippen molar-refractivity contribution < 1.29 is 30.3 Å². The van der Waals surface area contributed by atoms with Crippen molar-refractivity contribution in [3.63, 3.8) is 0 Å². The smallest absolute Gasteiger partial charge is 0.184 e. The van der Waals surface area contributed by atoms with Gasteiger partial charge in [0.1, 0.15) is 24.4 Å². The topological polar surface area (TPSA) is 110 Å². The van der Waals surface area contributed by atoms with E-state index in [4.69, 9.17) is 25.5 Å². The van der Waals surface area contributed by atoms with Gasteiger partial charge in [0.15, 0.2) is 6.29 Å². The lowest BCUT2D eigenvalue weighted by atomic mass is 10.00. The van der Waals surface area contributed by atoms with E-state index in [-0.39, 0.29) is 0 Å². The van der Waals surface area contributed by atoms with Crippen LogP contribution in [0.5, 0.6) is 0 Å². The molecule has 0 aliphatic carbocycles. The van der Waals surface area contributed by atoms with Crippen molar-refractivity contribution in [2.75, 3.05) is 6.61 Å². The third kappa shape index (κ3) is 1.58. The summed E-state index contributed by atoms with van der Waals surface area (Å²) < 4.78 is 4.58. The normalized spacial score (nSPS) is 49.2. The van der Waals surface area contributed by atoms with Crippen molar-refractivity contribution in [1.82, 2.24) is 0 Å². The monoisotopic (exact) mass is 180 g/mol. The fourth-order valence-corrected chi connectivity index (χ4v) is 1.08. The van der Waals surface area contributed by atoms with E-state index in [0.717, 1.165) is 0 Å². The summed E-state index contributed by atoms with van der Waals surface area (Å²) in [6.45, 7) is -0.526. The summed E-state index contributed by atoms with van der Waals surface area (Å²) in [6, 6.07) is 0. The molecule has 0 aromatic rings. The highest BCUT2D eigenvalue weighted by molar-refractivity contribution is 4.87. The molecule has 0 radical (unpaired) electrons. The predicted molar refractivity (Wildman–Crippen MR) is 36.0 cm³/mol. The average Bonchev–Trinajstić information content (AvgIpc) is 2.08. The zero-order valence-electron chi connectivity index (χ0n) is 6.24. The maximum absolute atomic E-state index is 9.12. The van der Waals surface area contributed by atoms with Crippen molar-refractivity contribution in [3.8, 4) is 0 Å². The van der Waals surface area contributed by atoms with Gasteiger partial charge in [-0.2, -0.15) is 0 Å². The Morgan fingerprint density at radius 2 is 1.50 bits per heavy atom. The molecule has 6 heteroatoms. The van der Waals surface area contributed by atoms with Gasteiger partial charge in [0.25, 0.3) is 0 Å². The number of aliphatic hydroxyl groups excluding tert-OH is 5. The molecule has 0 bridgehead atoms. The number of aliphatic hydroxyl groups is 5. The zero-order chi connectivity index (χ0) is 9.30. The van der Waals surface area contributed by atoms with Gasteiger partial charge in [-0.05, 0) is 0 Å². The van der Waals surface area contributed by atoms with E-state index in [9.17, 15) is 0 Å².